The number of nitrogens with zero attached hydrogens (tertiary/aromatic N) is 2. The first kappa shape index (κ1) is 15.3. The maximum absolute atomic E-state index is 5.42. The van der Waals surface area contributed by atoms with E-state index in [0.29, 0.717) is 0 Å². The summed E-state index contributed by atoms with van der Waals surface area (Å²) in [5.74, 6) is 0. The van der Waals surface area contributed by atoms with E-state index in [-0.39, 0.29) is 5.41 Å². The number of rotatable bonds is 3. The Morgan fingerprint density at radius 3 is 2.73 bits per heavy atom. The van der Waals surface area contributed by atoms with Crippen LogP contribution in [0.3, 0.4) is 0 Å². The van der Waals surface area contributed by atoms with Crippen molar-refractivity contribution in [1.29, 1.82) is 0 Å². The highest BCUT2D eigenvalue weighted by Crippen LogP contribution is 2.31. The van der Waals surface area contributed by atoms with Crippen molar-refractivity contribution in [1.82, 2.24) is 15.1 Å². The van der Waals surface area contributed by atoms with Crippen LogP contribution in [0.15, 0.2) is 30.5 Å². The molecular formula is C18H25N3O. The highest BCUT2D eigenvalue weighted by atomic mass is 16.5. The first-order valence-electron chi connectivity index (χ1n) is 7.97. The molecule has 0 atom stereocenters. The van der Waals surface area contributed by atoms with Crippen LogP contribution in [0.2, 0.25) is 0 Å². The van der Waals surface area contributed by atoms with E-state index in [9.17, 15) is 0 Å². The van der Waals surface area contributed by atoms with Gasteiger partial charge in [0.2, 0.25) is 0 Å². The summed E-state index contributed by atoms with van der Waals surface area (Å²) in [6.45, 7) is 11.4. The third-order valence-electron chi connectivity index (χ3n) is 4.17. The summed E-state index contributed by atoms with van der Waals surface area (Å²) in [5.41, 5.74) is 5.04. The molecule has 3 rings (SSSR count). The minimum Gasteiger partial charge on any atom is -0.379 e. The zero-order chi connectivity index (χ0) is 15.6. The molecule has 2 aromatic rings. The molecule has 2 heterocycles. The number of aromatic amines is 1. The second-order valence-corrected chi connectivity index (χ2v) is 7.00. The van der Waals surface area contributed by atoms with E-state index in [2.05, 4.69) is 60.1 Å². The second kappa shape index (κ2) is 6.23. The molecule has 0 saturated carbocycles. The third kappa shape index (κ3) is 3.39. The summed E-state index contributed by atoms with van der Waals surface area (Å²) in [6, 6.07) is 8.77. The predicted octanol–water partition coefficient (Wildman–Crippen LogP) is 3.21. The lowest BCUT2D eigenvalue weighted by Gasteiger charge is -2.26. The first-order chi connectivity index (χ1) is 10.5. The van der Waals surface area contributed by atoms with Crippen LogP contribution in [0, 0.1) is 0 Å². The molecule has 1 aliphatic heterocycles. The fourth-order valence-corrected chi connectivity index (χ4v) is 2.92. The zero-order valence-electron chi connectivity index (χ0n) is 13.7. The van der Waals surface area contributed by atoms with Gasteiger partial charge in [0.15, 0.2) is 0 Å². The standard InChI is InChI=1S/C18H25N3O/c1-18(2,3)16-12-19-20-17(16)15-6-4-5-14(11-15)13-21-7-9-22-10-8-21/h4-6,11-12H,7-10,13H2,1-3H3,(H,19,20). The van der Waals surface area contributed by atoms with Crippen molar-refractivity contribution in [2.45, 2.75) is 32.7 Å². The summed E-state index contributed by atoms with van der Waals surface area (Å²) < 4.78 is 5.42. The van der Waals surface area contributed by atoms with Crippen molar-refractivity contribution < 1.29 is 4.74 Å². The lowest BCUT2D eigenvalue weighted by Crippen LogP contribution is -2.35. The van der Waals surface area contributed by atoms with Crippen LogP contribution in [-0.4, -0.2) is 41.4 Å². The van der Waals surface area contributed by atoms with Gasteiger partial charge in [-0.3, -0.25) is 10.00 Å². The largest absolute Gasteiger partial charge is 0.379 e. The Balaban J connectivity index is 1.83. The molecule has 0 amide bonds. The van der Waals surface area contributed by atoms with Gasteiger partial charge in [-0.2, -0.15) is 5.10 Å². The molecule has 118 valence electrons. The molecule has 1 saturated heterocycles. The summed E-state index contributed by atoms with van der Waals surface area (Å²) in [6.07, 6.45) is 1.95. The minimum absolute atomic E-state index is 0.0859. The van der Waals surface area contributed by atoms with Crippen molar-refractivity contribution in [2.24, 2.45) is 0 Å². The Morgan fingerprint density at radius 2 is 2.00 bits per heavy atom. The van der Waals surface area contributed by atoms with Crippen molar-refractivity contribution in [3.63, 3.8) is 0 Å². The number of nitrogens with one attached hydrogen (secondary N) is 1. The van der Waals surface area contributed by atoms with Gasteiger partial charge in [0.1, 0.15) is 0 Å². The van der Waals surface area contributed by atoms with Crippen LogP contribution in [0.5, 0.6) is 0 Å². The second-order valence-electron chi connectivity index (χ2n) is 7.00. The lowest BCUT2D eigenvalue weighted by atomic mass is 9.85. The zero-order valence-corrected chi connectivity index (χ0v) is 13.7. The van der Waals surface area contributed by atoms with Crippen LogP contribution in [0.1, 0.15) is 31.9 Å². The van der Waals surface area contributed by atoms with Crippen LogP contribution in [0.4, 0.5) is 0 Å². The van der Waals surface area contributed by atoms with Crippen molar-refractivity contribution in [2.75, 3.05) is 26.3 Å². The summed E-state index contributed by atoms with van der Waals surface area (Å²) in [5, 5.41) is 7.43. The Bertz CT molecular complexity index is 621. The summed E-state index contributed by atoms with van der Waals surface area (Å²) >= 11 is 0. The Morgan fingerprint density at radius 1 is 1.23 bits per heavy atom. The van der Waals surface area contributed by atoms with Gasteiger partial charge in [-0.15, -0.1) is 0 Å². The Kier molecular flexibility index (Phi) is 4.32. The van der Waals surface area contributed by atoms with E-state index in [0.717, 1.165) is 38.5 Å². The Labute approximate surface area is 132 Å². The van der Waals surface area contributed by atoms with Crippen LogP contribution in [0.25, 0.3) is 11.3 Å². The molecule has 1 aromatic carbocycles. The number of benzene rings is 1. The topological polar surface area (TPSA) is 41.2 Å². The molecule has 22 heavy (non-hydrogen) atoms. The minimum atomic E-state index is 0.0859. The highest BCUT2D eigenvalue weighted by Gasteiger charge is 2.21. The lowest BCUT2D eigenvalue weighted by molar-refractivity contribution is 0.0342. The summed E-state index contributed by atoms with van der Waals surface area (Å²) in [4.78, 5) is 2.44. The average Bonchev–Trinajstić information content (AvgIpc) is 2.98. The SMILES string of the molecule is CC(C)(C)c1cn[nH]c1-c1cccc(CN2CCOCC2)c1. The summed E-state index contributed by atoms with van der Waals surface area (Å²) in [7, 11) is 0. The number of H-pyrrole nitrogens is 1. The fourth-order valence-electron chi connectivity index (χ4n) is 2.92. The van der Waals surface area contributed by atoms with Gasteiger partial charge in [-0.05, 0) is 17.0 Å². The molecule has 0 bridgehead atoms. The number of ether oxygens (including phenoxy) is 1. The van der Waals surface area contributed by atoms with Crippen LogP contribution >= 0.6 is 0 Å². The average molecular weight is 299 g/mol. The van der Waals surface area contributed by atoms with Gasteiger partial charge in [0.05, 0.1) is 25.1 Å². The van der Waals surface area contributed by atoms with Gasteiger partial charge in [-0.1, -0.05) is 39.0 Å². The van der Waals surface area contributed by atoms with Crippen molar-refractivity contribution in [3.8, 4) is 11.3 Å². The first-order valence-corrected chi connectivity index (χ1v) is 7.97. The van der Waals surface area contributed by atoms with E-state index >= 15 is 0 Å². The highest BCUT2D eigenvalue weighted by molar-refractivity contribution is 5.64. The smallest absolute Gasteiger partial charge is 0.0687 e. The number of morpholine rings is 1. The maximum Gasteiger partial charge on any atom is 0.0687 e. The number of hydrogen-bond acceptors (Lipinski definition) is 3. The van der Waals surface area contributed by atoms with Gasteiger partial charge in [0, 0.05) is 30.8 Å². The Hall–Kier alpha value is -1.65. The molecule has 1 fully saturated rings. The van der Waals surface area contributed by atoms with Crippen LogP contribution in [-0.2, 0) is 16.7 Å². The van der Waals surface area contributed by atoms with E-state index < -0.39 is 0 Å². The number of aromatic nitrogens is 2. The van der Waals surface area contributed by atoms with Crippen LogP contribution < -0.4 is 0 Å². The maximum atomic E-state index is 5.42. The van der Waals surface area contributed by atoms with Gasteiger partial charge >= 0.3 is 0 Å². The molecule has 1 aliphatic rings. The molecule has 0 spiro atoms. The van der Waals surface area contributed by atoms with Crippen molar-refractivity contribution in [3.05, 3.63) is 41.6 Å². The monoisotopic (exact) mass is 299 g/mol. The normalized spacial score (nSPS) is 16.9. The molecule has 0 radical (unpaired) electrons. The van der Waals surface area contributed by atoms with Crippen molar-refractivity contribution >= 4 is 0 Å². The van der Waals surface area contributed by atoms with E-state index in [1.807, 2.05) is 6.20 Å². The molecule has 1 aromatic heterocycles. The third-order valence-corrected chi connectivity index (χ3v) is 4.17. The van der Waals surface area contributed by atoms with E-state index in [4.69, 9.17) is 4.74 Å². The predicted molar refractivity (Wildman–Crippen MR) is 88.8 cm³/mol. The molecule has 4 nitrogen and oxygen atoms in total. The van der Waals surface area contributed by atoms with E-state index in [1.165, 1.54) is 16.7 Å². The van der Waals surface area contributed by atoms with Gasteiger partial charge in [0.25, 0.3) is 0 Å². The molecule has 0 aliphatic carbocycles. The van der Waals surface area contributed by atoms with E-state index in [1.54, 1.807) is 0 Å². The fraction of sp³-hybridized carbons (Fsp3) is 0.500. The van der Waals surface area contributed by atoms with Gasteiger partial charge in [-0.25, -0.2) is 0 Å². The molecule has 0 unspecified atom stereocenters. The molecular weight excluding hydrogens is 274 g/mol. The number of hydrogen-bond donors (Lipinski definition) is 1. The quantitative estimate of drug-likeness (QED) is 0.946. The van der Waals surface area contributed by atoms with Gasteiger partial charge < -0.3 is 4.74 Å². The molecule has 1 N–H and O–H groups in total. The molecule has 4 heteroatoms.